The van der Waals surface area contributed by atoms with E-state index in [0.29, 0.717) is 0 Å². The molecule has 1 atom stereocenters. The summed E-state index contributed by atoms with van der Waals surface area (Å²) >= 11 is 1.40. The number of nitrogens with zero attached hydrogens (tertiary/aromatic N) is 2. The molecule has 12 heavy (non-hydrogen) atoms. The molecular formula is C8H8N2OS. The van der Waals surface area contributed by atoms with Crippen molar-refractivity contribution >= 4 is 11.3 Å². The number of aliphatic hydroxyl groups excluding tert-OH is 1. The maximum atomic E-state index is 9.75. The van der Waals surface area contributed by atoms with Crippen LogP contribution in [0.15, 0.2) is 11.7 Å². The Morgan fingerprint density at radius 2 is 2.50 bits per heavy atom. The van der Waals surface area contributed by atoms with Crippen LogP contribution in [0.3, 0.4) is 0 Å². The predicted octanol–water partition coefficient (Wildman–Crippen LogP) is 1.48. The Morgan fingerprint density at radius 3 is 2.92 bits per heavy atom. The third-order valence-electron chi connectivity index (χ3n) is 2.26. The largest absolute Gasteiger partial charge is 0.386 e. The van der Waals surface area contributed by atoms with E-state index in [0.717, 1.165) is 17.7 Å². The molecule has 1 aliphatic carbocycles. The molecule has 0 aliphatic heterocycles. The van der Waals surface area contributed by atoms with E-state index in [2.05, 4.69) is 11.1 Å². The Hall–Kier alpha value is -0.920. The van der Waals surface area contributed by atoms with Crippen LogP contribution in [0.4, 0.5) is 0 Å². The molecule has 0 aromatic carbocycles. The van der Waals surface area contributed by atoms with Crippen molar-refractivity contribution in [2.24, 2.45) is 5.41 Å². The molecule has 1 aromatic rings. The van der Waals surface area contributed by atoms with Crippen LogP contribution in [0, 0.1) is 16.7 Å². The molecule has 0 spiro atoms. The lowest BCUT2D eigenvalue weighted by Gasteiger charge is -2.11. The highest BCUT2D eigenvalue weighted by Crippen LogP contribution is 2.54. The third-order valence-corrected chi connectivity index (χ3v) is 3.08. The lowest BCUT2D eigenvalue weighted by atomic mass is 10.0. The van der Waals surface area contributed by atoms with E-state index in [1.165, 1.54) is 11.3 Å². The van der Waals surface area contributed by atoms with Gasteiger partial charge in [-0.25, -0.2) is 0 Å². The first-order chi connectivity index (χ1) is 5.78. The Labute approximate surface area is 74.3 Å². The number of hydrogen-bond donors (Lipinski definition) is 1. The lowest BCUT2D eigenvalue weighted by molar-refractivity contribution is 0.126. The minimum Gasteiger partial charge on any atom is -0.386 e. The fourth-order valence-electron chi connectivity index (χ4n) is 1.21. The molecule has 1 aliphatic rings. The molecule has 0 bridgehead atoms. The summed E-state index contributed by atoms with van der Waals surface area (Å²) < 4.78 is 0. The van der Waals surface area contributed by atoms with Gasteiger partial charge >= 0.3 is 0 Å². The zero-order valence-corrected chi connectivity index (χ0v) is 7.21. The van der Waals surface area contributed by atoms with Crippen molar-refractivity contribution < 1.29 is 5.11 Å². The summed E-state index contributed by atoms with van der Waals surface area (Å²) in [5, 5.41) is 18.5. The van der Waals surface area contributed by atoms with Crippen molar-refractivity contribution in [2.45, 2.75) is 18.9 Å². The molecule has 1 N–H and O–H groups in total. The van der Waals surface area contributed by atoms with Gasteiger partial charge < -0.3 is 5.11 Å². The smallest absolute Gasteiger partial charge is 0.108 e. The van der Waals surface area contributed by atoms with Crippen LogP contribution in [0.25, 0.3) is 0 Å². The normalized spacial score (nSPS) is 21.3. The van der Waals surface area contributed by atoms with Gasteiger partial charge in [0.25, 0.3) is 0 Å². The average molecular weight is 180 g/mol. The van der Waals surface area contributed by atoms with Crippen molar-refractivity contribution in [3.05, 3.63) is 16.6 Å². The number of nitriles is 1. The number of aromatic nitrogens is 1. The van der Waals surface area contributed by atoms with Crippen LogP contribution in [0.5, 0.6) is 0 Å². The zero-order valence-electron chi connectivity index (χ0n) is 6.40. The number of hydrogen-bond acceptors (Lipinski definition) is 4. The summed E-state index contributed by atoms with van der Waals surface area (Å²) in [5.74, 6) is 0. The summed E-state index contributed by atoms with van der Waals surface area (Å²) in [6.45, 7) is 0. The molecule has 0 saturated heterocycles. The van der Waals surface area contributed by atoms with Crippen LogP contribution in [0.2, 0.25) is 0 Å². The first-order valence-electron chi connectivity index (χ1n) is 3.76. The highest BCUT2D eigenvalue weighted by molar-refractivity contribution is 7.09. The molecule has 4 heteroatoms. The van der Waals surface area contributed by atoms with Gasteiger partial charge in [0.15, 0.2) is 0 Å². The van der Waals surface area contributed by atoms with Crippen molar-refractivity contribution in [3.8, 4) is 6.07 Å². The van der Waals surface area contributed by atoms with Gasteiger partial charge in [0.05, 0.1) is 21.9 Å². The Kier molecular flexibility index (Phi) is 1.63. The van der Waals surface area contributed by atoms with Gasteiger partial charge in [-0.3, -0.25) is 4.98 Å². The zero-order chi connectivity index (χ0) is 8.60. The summed E-state index contributed by atoms with van der Waals surface area (Å²) in [6.07, 6.45) is 2.62. The van der Waals surface area contributed by atoms with E-state index in [1.54, 1.807) is 11.7 Å². The molecular weight excluding hydrogens is 172 g/mol. The summed E-state index contributed by atoms with van der Waals surface area (Å²) in [4.78, 5) is 4.67. The fraction of sp³-hybridized carbons (Fsp3) is 0.500. The van der Waals surface area contributed by atoms with Crippen molar-refractivity contribution in [2.75, 3.05) is 0 Å². The first kappa shape index (κ1) is 7.71. The Balaban J connectivity index is 2.22. The second kappa shape index (κ2) is 2.54. The molecule has 1 aromatic heterocycles. The number of thiazole rings is 1. The average Bonchev–Trinajstić information content (AvgIpc) is 2.71. The van der Waals surface area contributed by atoms with Crippen molar-refractivity contribution in [1.82, 2.24) is 4.98 Å². The fourth-order valence-corrected chi connectivity index (χ4v) is 1.93. The van der Waals surface area contributed by atoms with Gasteiger partial charge in [-0.1, -0.05) is 0 Å². The van der Waals surface area contributed by atoms with E-state index < -0.39 is 11.5 Å². The van der Waals surface area contributed by atoms with Crippen LogP contribution >= 0.6 is 11.3 Å². The van der Waals surface area contributed by atoms with Crippen LogP contribution in [0.1, 0.15) is 23.8 Å². The minimum absolute atomic E-state index is 0.494. The molecule has 3 nitrogen and oxygen atoms in total. The molecule has 1 saturated carbocycles. The number of aliphatic hydroxyl groups is 1. The molecule has 1 heterocycles. The quantitative estimate of drug-likeness (QED) is 0.750. The topological polar surface area (TPSA) is 56.9 Å². The standard InChI is InChI=1S/C8H8N2OS/c9-4-8(1-2-8)7(11)6-3-10-5-12-6/h3,5,7,11H,1-2H2. The van der Waals surface area contributed by atoms with E-state index >= 15 is 0 Å². The van der Waals surface area contributed by atoms with Crippen LogP contribution in [-0.4, -0.2) is 10.1 Å². The van der Waals surface area contributed by atoms with Gasteiger partial charge in [-0.15, -0.1) is 11.3 Å². The Bertz CT molecular complexity index is 310. The van der Waals surface area contributed by atoms with Gasteiger partial charge in [0.2, 0.25) is 0 Å². The van der Waals surface area contributed by atoms with E-state index in [-0.39, 0.29) is 0 Å². The summed E-state index contributed by atoms with van der Waals surface area (Å²) in [7, 11) is 0. The van der Waals surface area contributed by atoms with Crippen LogP contribution < -0.4 is 0 Å². The molecule has 0 radical (unpaired) electrons. The molecule has 1 fully saturated rings. The second-order valence-electron chi connectivity index (χ2n) is 3.07. The SMILES string of the molecule is N#CC1(C(O)c2cncs2)CC1. The molecule has 0 amide bonds. The summed E-state index contributed by atoms with van der Waals surface area (Å²) in [5.41, 5.74) is 1.18. The maximum Gasteiger partial charge on any atom is 0.108 e. The van der Waals surface area contributed by atoms with Crippen molar-refractivity contribution in [1.29, 1.82) is 5.26 Å². The molecule has 62 valence electrons. The summed E-state index contributed by atoms with van der Waals surface area (Å²) in [6, 6.07) is 2.17. The van der Waals surface area contributed by atoms with Crippen LogP contribution in [-0.2, 0) is 0 Å². The van der Waals surface area contributed by atoms with E-state index in [9.17, 15) is 5.11 Å². The second-order valence-corrected chi connectivity index (χ2v) is 3.99. The monoisotopic (exact) mass is 180 g/mol. The van der Waals surface area contributed by atoms with Gasteiger partial charge in [-0.05, 0) is 12.8 Å². The van der Waals surface area contributed by atoms with E-state index in [4.69, 9.17) is 5.26 Å². The third kappa shape index (κ3) is 1.02. The number of rotatable bonds is 2. The van der Waals surface area contributed by atoms with Crippen molar-refractivity contribution in [3.63, 3.8) is 0 Å². The highest BCUT2D eigenvalue weighted by Gasteiger charge is 2.50. The predicted molar refractivity (Wildman–Crippen MR) is 44.4 cm³/mol. The highest BCUT2D eigenvalue weighted by atomic mass is 32.1. The van der Waals surface area contributed by atoms with Gasteiger partial charge in [0, 0.05) is 6.20 Å². The molecule has 1 unspecified atom stereocenters. The van der Waals surface area contributed by atoms with Gasteiger partial charge in [-0.2, -0.15) is 5.26 Å². The minimum atomic E-state index is -0.630. The maximum absolute atomic E-state index is 9.75. The molecule has 2 rings (SSSR count). The van der Waals surface area contributed by atoms with E-state index in [1.807, 2.05) is 0 Å². The lowest BCUT2D eigenvalue weighted by Crippen LogP contribution is -2.09. The first-order valence-corrected chi connectivity index (χ1v) is 4.64. The van der Waals surface area contributed by atoms with Gasteiger partial charge in [0.1, 0.15) is 6.10 Å². The Morgan fingerprint density at radius 1 is 1.75 bits per heavy atom.